The molecule has 13 heavy (non-hydrogen) atoms. The van der Waals surface area contributed by atoms with Crippen LogP contribution in [-0.2, 0) is 9.47 Å². The molecule has 0 bridgehead atoms. The van der Waals surface area contributed by atoms with Crippen LogP contribution in [0.4, 0.5) is 4.79 Å². The minimum Gasteiger partial charge on any atom is -0.433 e. The van der Waals surface area contributed by atoms with Crippen molar-refractivity contribution in [2.45, 2.75) is 0 Å². The Hall–Kier alpha value is 1.24. The molecule has 0 heterocycles. The molecule has 7 heteroatoms. The standard InChI is InChI=1S/C6H6BrClI2O3/c7-5(10)4(9)3-13-6(11)12-2-1-8/h1-3H2. The van der Waals surface area contributed by atoms with Crippen LogP contribution in [-0.4, -0.2) is 25.2 Å². The van der Waals surface area contributed by atoms with Crippen LogP contribution in [0.1, 0.15) is 0 Å². The number of hydrogen-bond acceptors (Lipinski definition) is 3. The predicted octanol–water partition coefficient (Wildman–Crippen LogP) is 3.81. The zero-order valence-corrected chi connectivity index (χ0v) is 13.0. The number of halogens is 4. The molecule has 0 saturated carbocycles. The highest BCUT2D eigenvalue weighted by Gasteiger charge is 2.05. The van der Waals surface area contributed by atoms with E-state index in [1.165, 1.54) is 0 Å². The van der Waals surface area contributed by atoms with Crippen molar-refractivity contribution in [1.29, 1.82) is 0 Å². The summed E-state index contributed by atoms with van der Waals surface area (Å²) >= 11 is 12.7. The summed E-state index contributed by atoms with van der Waals surface area (Å²) in [5.41, 5.74) is 0. The Kier molecular flexibility index (Phi) is 9.36. The summed E-state index contributed by atoms with van der Waals surface area (Å²) < 4.78 is 11.1. The van der Waals surface area contributed by atoms with Crippen molar-refractivity contribution in [2.24, 2.45) is 0 Å². The highest BCUT2D eigenvalue weighted by Crippen LogP contribution is 2.24. The highest BCUT2D eigenvalue weighted by molar-refractivity contribution is 14.1. The molecule has 0 amide bonds. The minimum absolute atomic E-state index is 0.173. The molecule has 0 aliphatic heterocycles. The van der Waals surface area contributed by atoms with E-state index in [-0.39, 0.29) is 19.1 Å². The maximum Gasteiger partial charge on any atom is 0.508 e. The summed E-state index contributed by atoms with van der Waals surface area (Å²) in [6.45, 7) is 0.386. The molecule has 0 aromatic rings. The molecule has 0 unspecified atom stereocenters. The van der Waals surface area contributed by atoms with E-state index in [9.17, 15) is 4.79 Å². The van der Waals surface area contributed by atoms with Crippen LogP contribution in [0.5, 0.6) is 0 Å². The molecule has 0 radical (unpaired) electrons. The Balaban J connectivity index is 3.65. The number of hydrogen-bond donors (Lipinski definition) is 0. The van der Waals surface area contributed by atoms with Gasteiger partial charge in [0.25, 0.3) is 0 Å². The summed E-state index contributed by atoms with van der Waals surface area (Å²) in [6.07, 6.45) is -0.694. The molecule has 0 aliphatic carbocycles. The quantitative estimate of drug-likeness (QED) is 0.338. The second-order valence-electron chi connectivity index (χ2n) is 1.74. The second kappa shape index (κ2) is 8.54. The fourth-order valence-corrected chi connectivity index (χ4v) is 0.843. The van der Waals surface area contributed by atoms with Gasteiger partial charge < -0.3 is 9.47 Å². The molecule has 0 atom stereocenters. The van der Waals surface area contributed by atoms with Crippen molar-refractivity contribution in [3.63, 3.8) is 0 Å². The van der Waals surface area contributed by atoms with Gasteiger partial charge >= 0.3 is 6.16 Å². The van der Waals surface area contributed by atoms with E-state index in [4.69, 9.17) is 16.3 Å². The Bertz CT molecular complexity index is 206. The van der Waals surface area contributed by atoms with Gasteiger partial charge in [0.15, 0.2) is 0 Å². The van der Waals surface area contributed by atoms with E-state index < -0.39 is 6.16 Å². The van der Waals surface area contributed by atoms with Gasteiger partial charge in [-0.25, -0.2) is 4.79 Å². The molecule has 0 aliphatic rings. The van der Waals surface area contributed by atoms with Gasteiger partial charge in [0.05, 0.1) is 8.37 Å². The van der Waals surface area contributed by atoms with E-state index in [2.05, 4.69) is 65.8 Å². The Morgan fingerprint density at radius 3 is 2.46 bits per heavy atom. The third-order valence-electron chi connectivity index (χ3n) is 0.819. The lowest BCUT2D eigenvalue weighted by atomic mass is 10.7. The largest absolute Gasteiger partial charge is 0.508 e. The Labute approximate surface area is 117 Å². The summed E-state index contributed by atoms with van der Waals surface area (Å²) in [5.74, 6) is 0.276. The molecule has 76 valence electrons. The minimum atomic E-state index is -0.694. The summed E-state index contributed by atoms with van der Waals surface area (Å²) in [4.78, 5) is 10.8. The number of carbonyl (C=O) groups is 1. The fourth-order valence-electron chi connectivity index (χ4n) is 0.340. The SMILES string of the molecule is O=C(OCCCl)OCC(I)=C(Br)I. The maximum absolute atomic E-state index is 10.8. The van der Waals surface area contributed by atoms with Gasteiger partial charge in [0.1, 0.15) is 13.2 Å². The van der Waals surface area contributed by atoms with Crippen molar-refractivity contribution in [1.82, 2.24) is 0 Å². The first-order chi connectivity index (χ1) is 6.07. The maximum atomic E-state index is 10.8. The Morgan fingerprint density at radius 1 is 1.38 bits per heavy atom. The number of ether oxygens (including phenoxy) is 2. The fraction of sp³-hybridized carbons (Fsp3) is 0.500. The lowest BCUT2D eigenvalue weighted by Gasteiger charge is -2.04. The van der Waals surface area contributed by atoms with Gasteiger partial charge in [-0.15, -0.1) is 11.6 Å². The first kappa shape index (κ1) is 14.2. The summed E-state index contributed by atoms with van der Waals surface area (Å²) in [6, 6.07) is 0. The van der Waals surface area contributed by atoms with Gasteiger partial charge in [-0.3, -0.25) is 0 Å². The van der Waals surface area contributed by atoms with Gasteiger partial charge in [-0.05, 0) is 61.1 Å². The average Bonchev–Trinajstić information content (AvgIpc) is 2.10. The number of carbonyl (C=O) groups excluding carboxylic acids is 1. The van der Waals surface area contributed by atoms with Crippen LogP contribution in [0.15, 0.2) is 6.07 Å². The van der Waals surface area contributed by atoms with E-state index in [0.29, 0.717) is 0 Å². The van der Waals surface area contributed by atoms with Crippen LogP contribution in [0.3, 0.4) is 0 Å². The zero-order chi connectivity index (χ0) is 10.3. The first-order valence-electron chi connectivity index (χ1n) is 3.13. The lowest BCUT2D eigenvalue weighted by molar-refractivity contribution is 0.0676. The molecular formula is C6H6BrClI2O3. The first-order valence-corrected chi connectivity index (χ1v) is 6.61. The summed E-state index contributed by atoms with van der Waals surface area (Å²) in [5, 5.41) is 0. The molecule has 0 saturated heterocycles. The molecular weight excluding hydrogens is 489 g/mol. The Morgan fingerprint density at radius 2 is 2.00 bits per heavy atom. The van der Waals surface area contributed by atoms with Crippen LogP contribution < -0.4 is 0 Å². The monoisotopic (exact) mass is 494 g/mol. The van der Waals surface area contributed by atoms with Crippen molar-refractivity contribution in [2.75, 3.05) is 19.1 Å². The van der Waals surface area contributed by atoms with E-state index in [1.54, 1.807) is 0 Å². The smallest absolute Gasteiger partial charge is 0.433 e. The normalized spacial score (nSPS) is 12.0. The molecule has 0 N–H and O–H groups in total. The van der Waals surface area contributed by atoms with E-state index in [0.717, 1.165) is 6.07 Å². The summed E-state index contributed by atoms with van der Waals surface area (Å²) in [7, 11) is 0. The van der Waals surface area contributed by atoms with Crippen LogP contribution in [0.2, 0.25) is 0 Å². The number of alkyl halides is 1. The van der Waals surface area contributed by atoms with Gasteiger partial charge in [-0.1, -0.05) is 0 Å². The van der Waals surface area contributed by atoms with Crippen molar-refractivity contribution >= 4 is 78.9 Å². The molecule has 0 fully saturated rings. The topological polar surface area (TPSA) is 35.5 Å². The second-order valence-corrected chi connectivity index (χ2v) is 6.78. The average molecular weight is 495 g/mol. The van der Waals surface area contributed by atoms with Crippen molar-refractivity contribution < 1.29 is 14.3 Å². The van der Waals surface area contributed by atoms with Crippen LogP contribution in [0, 0.1) is 0 Å². The van der Waals surface area contributed by atoms with Crippen LogP contribution in [0.25, 0.3) is 0 Å². The van der Waals surface area contributed by atoms with Crippen molar-refractivity contribution in [3.8, 4) is 0 Å². The third-order valence-corrected chi connectivity index (χ3v) is 4.73. The third kappa shape index (κ3) is 8.25. The molecule has 0 rings (SSSR count). The molecule has 3 nitrogen and oxygen atoms in total. The van der Waals surface area contributed by atoms with E-state index >= 15 is 0 Å². The van der Waals surface area contributed by atoms with Gasteiger partial charge in [-0.2, -0.15) is 0 Å². The lowest BCUT2D eigenvalue weighted by Crippen LogP contribution is -2.10. The zero-order valence-electron chi connectivity index (χ0n) is 6.36. The van der Waals surface area contributed by atoms with Gasteiger partial charge in [0.2, 0.25) is 0 Å². The number of rotatable bonds is 4. The van der Waals surface area contributed by atoms with Crippen molar-refractivity contribution in [3.05, 3.63) is 6.07 Å². The predicted molar refractivity (Wildman–Crippen MR) is 72.0 cm³/mol. The highest BCUT2D eigenvalue weighted by atomic mass is 127. The van der Waals surface area contributed by atoms with E-state index in [1.807, 2.05) is 0 Å². The molecule has 0 spiro atoms. The molecule has 0 aromatic heterocycles. The molecule has 0 aromatic carbocycles. The van der Waals surface area contributed by atoms with Crippen LogP contribution >= 0.6 is 72.7 Å². The van der Waals surface area contributed by atoms with Gasteiger partial charge in [0, 0.05) is 3.58 Å².